The molecule has 1 aromatic carbocycles. The van der Waals surface area contributed by atoms with Crippen LogP contribution < -0.4 is 5.32 Å². The third kappa shape index (κ3) is 5.75. The topological polar surface area (TPSA) is 38.3 Å². The predicted molar refractivity (Wildman–Crippen MR) is 71.2 cm³/mol. The summed E-state index contributed by atoms with van der Waals surface area (Å²) < 4.78 is 4.59. The van der Waals surface area contributed by atoms with Gasteiger partial charge in [0.2, 0.25) is 0 Å². The second-order valence-electron chi connectivity index (χ2n) is 4.04. The van der Waals surface area contributed by atoms with Crippen LogP contribution in [0.2, 0.25) is 0 Å². The zero-order chi connectivity index (χ0) is 12.7. The van der Waals surface area contributed by atoms with E-state index in [1.54, 1.807) is 0 Å². The van der Waals surface area contributed by atoms with Crippen LogP contribution in [0.3, 0.4) is 0 Å². The van der Waals surface area contributed by atoms with Gasteiger partial charge in [0.15, 0.2) is 0 Å². The van der Waals surface area contributed by atoms with E-state index in [2.05, 4.69) is 36.0 Å². The molecule has 0 heterocycles. The predicted octanol–water partition coefficient (Wildman–Crippen LogP) is 2.45. The summed E-state index contributed by atoms with van der Waals surface area (Å²) in [7, 11) is 1.41. The van der Waals surface area contributed by atoms with Gasteiger partial charge in [-0.2, -0.15) is 0 Å². The van der Waals surface area contributed by atoms with E-state index < -0.39 is 0 Å². The Kier molecular flexibility index (Phi) is 6.08. The normalized spacial score (nSPS) is 10.6. The van der Waals surface area contributed by atoms with Crippen molar-refractivity contribution in [1.82, 2.24) is 5.32 Å². The van der Waals surface area contributed by atoms with Crippen LogP contribution in [0.25, 0.3) is 0 Å². The molecule has 0 aromatic heterocycles. The summed E-state index contributed by atoms with van der Waals surface area (Å²) in [4.78, 5) is 12.1. The van der Waals surface area contributed by atoms with Crippen molar-refractivity contribution in [2.75, 3.05) is 12.9 Å². The van der Waals surface area contributed by atoms with Gasteiger partial charge in [-0.05, 0) is 17.7 Å². The van der Waals surface area contributed by atoms with E-state index in [1.807, 2.05) is 12.1 Å². The molecule has 0 atom stereocenters. The molecule has 0 bridgehead atoms. The summed E-state index contributed by atoms with van der Waals surface area (Å²) in [5, 5.41) is 3.36. The van der Waals surface area contributed by atoms with Crippen LogP contribution in [0.15, 0.2) is 29.2 Å². The van der Waals surface area contributed by atoms with Crippen LogP contribution >= 0.6 is 11.8 Å². The summed E-state index contributed by atoms with van der Waals surface area (Å²) in [6.07, 6.45) is 0. The average Bonchev–Trinajstić information content (AvgIpc) is 2.34. The first-order valence-electron chi connectivity index (χ1n) is 5.63. The molecule has 1 N–H and O–H groups in total. The van der Waals surface area contributed by atoms with Gasteiger partial charge in [0.25, 0.3) is 0 Å². The Morgan fingerprint density at radius 3 is 2.53 bits per heavy atom. The van der Waals surface area contributed by atoms with E-state index in [4.69, 9.17) is 0 Å². The zero-order valence-electron chi connectivity index (χ0n) is 10.5. The van der Waals surface area contributed by atoms with Crippen molar-refractivity contribution in [3.05, 3.63) is 29.8 Å². The lowest BCUT2D eigenvalue weighted by Crippen LogP contribution is -2.21. The lowest BCUT2D eigenvalue weighted by Gasteiger charge is -2.08. The van der Waals surface area contributed by atoms with Crippen molar-refractivity contribution >= 4 is 17.7 Å². The van der Waals surface area contributed by atoms with Crippen molar-refractivity contribution in [3.63, 3.8) is 0 Å². The maximum Gasteiger partial charge on any atom is 0.315 e. The van der Waals surface area contributed by atoms with Gasteiger partial charge < -0.3 is 10.1 Å². The molecule has 94 valence electrons. The maximum absolute atomic E-state index is 11.0. The van der Waals surface area contributed by atoms with Gasteiger partial charge in [0, 0.05) is 17.5 Å². The highest BCUT2D eigenvalue weighted by Gasteiger charge is 2.02. The molecule has 4 heteroatoms. The fourth-order valence-electron chi connectivity index (χ4n) is 1.23. The largest absolute Gasteiger partial charge is 0.468 e. The number of thioether (sulfide) groups is 1. The maximum atomic E-state index is 11.0. The number of carbonyl (C=O) groups excluding carboxylic acids is 1. The quantitative estimate of drug-likeness (QED) is 0.624. The van der Waals surface area contributed by atoms with Crippen LogP contribution in [0.1, 0.15) is 19.4 Å². The number of rotatable bonds is 6. The Balaban J connectivity index is 2.42. The minimum Gasteiger partial charge on any atom is -0.468 e. The van der Waals surface area contributed by atoms with Gasteiger partial charge in [-0.15, -0.1) is 11.8 Å². The zero-order valence-corrected chi connectivity index (χ0v) is 11.3. The number of methoxy groups -OCH3 is 1. The molecule has 0 unspecified atom stereocenters. The number of benzene rings is 1. The molecule has 17 heavy (non-hydrogen) atoms. The molecule has 3 nitrogen and oxygen atoms in total. The van der Waals surface area contributed by atoms with Gasteiger partial charge in [0.1, 0.15) is 0 Å². The first-order valence-corrected chi connectivity index (χ1v) is 6.62. The monoisotopic (exact) mass is 253 g/mol. The Labute approximate surface area is 107 Å². The van der Waals surface area contributed by atoms with Crippen LogP contribution in [-0.2, 0) is 16.1 Å². The first-order chi connectivity index (χ1) is 8.11. The third-order valence-electron chi connectivity index (χ3n) is 2.22. The van der Waals surface area contributed by atoms with Crippen LogP contribution in [-0.4, -0.2) is 24.9 Å². The van der Waals surface area contributed by atoms with E-state index in [0.29, 0.717) is 11.8 Å². The van der Waals surface area contributed by atoms with Gasteiger partial charge in [-0.25, -0.2) is 0 Å². The molecule has 0 spiro atoms. The van der Waals surface area contributed by atoms with Crippen molar-refractivity contribution in [2.24, 2.45) is 0 Å². The minimum absolute atomic E-state index is 0.194. The molecule has 0 aliphatic heterocycles. The van der Waals surface area contributed by atoms with E-state index >= 15 is 0 Å². The van der Waals surface area contributed by atoms with Crippen molar-refractivity contribution in [1.29, 1.82) is 0 Å². The second kappa shape index (κ2) is 7.35. The number of hydrogen-bond donors (Lipinski definition) is 1. The van der Waals surface area contributed by atoms with E-state index in [0.717, 1.165) is 11.4 Å². The molecule has 0 fully saturated rings. The molecule has 1 aromatic rings. The number of ether oxygens (including phenoxy) is 1. The number of nitrogens with one attached hydrogen (secondary N) is 1. The van der Waals surface area contributed by atoms with Crippen LogP contribution in [0.5, 0.6) is 0 Å². The lowest BCUT2D eigenvalue weighted by atomic mass is 10.2. The highest BCUT2D eigenvalue weighted by Crippen LogP contribution is 2.18. The van der Waals surface area contributed by atoms with Crippen molar-refractivity contribution in [3.8, 4) is 0 Å². The fourth-order valence-corrected chi connectivity index (χ4v) is 1.96. The first kappa shape index (κ1) is 14.1. The molecule has 0 aliphatic rings. The van der Waals surface area contributed by atoms with Crippen LogP contribution in [0.4, 0.5) is 0 Å². The van der Waals surface area contributed by atoms with Gasteiger partial charge in [0.05, 0.1) is 12.9 Å². The molecular formula is C13H19NO2S. The Bertz CT molecular complexity index is 349. The van der Waals surface area contributed by atoms with E-state index in [9.17, 15) is 4.79 Å². The van der Waals surface area contributed by atoms with Gasteiger partial charge in [-0.1, -0.05) is 26.0 Å². The van der Waals surface area contributed by atoms with Crippen LogP contribution in [0, 0.1) is 0 Å². The highest BCUT2D eigenvalue weighted by molar-refractivity contribution is 8.00. The lowest BCUT2D eigenvalue weighted by molar-refractivity contribution is -0.137. The molecule has 0 aliphatic carbocycles. The number of esters is 1. The number of hydrogen-bond acceptors (Lipinski definition) is 4. The highest BCUT2D eigenvalue weighted by atomic mass is 32.2. The molecule has 0 saturated heterocycles. The standard InChI is InChI=1S/C13H19NO2S/c1-10(2)14-8-11-4-6-12(7-5-11)17-9-13(15)16-3/h4-7,10,14H,8-9H2,1-3H3. The van der Waals surface area contributed by atoms with Gasteiger partial charge in [-0.3, -0.25) is 4.79 Å². The average molecular weight is 253 g/mol. The fraction of sp³-hybridized carbons (Fsp3) is 0.462. The van der Waals surface area contributed by atoms with Crippen molar-refractivity contribution < 1.29 is 9.53 Å². The molecular weight excluding hydrogens is 234 g/mol. The molecule has 1 rings (SSSR count). The summed E-state index contributed by atoms with van der Waals surface area (Å²) in [5.74, 6) is 0.167. The minimum atomic E-state index is -0.194. The van der Waals surface area contributed by atoms with Crippen molar-refractivity contribution in [2.45, 2.75) is 31.3 Å². The summed E-state index contributed by atoms with van der Waals surface area (Å²) in [6.45, 7) is 5.13. The molecule has 0 saturated carbocycles. The molecule has 0 radical (unpaired) electrons. The van der Waals surface area contributed by atoms with E-state index in [1.165, 1.54) is 24.4 Å². The Morgan fingerprint density at radius 1 is 1.35 bits per heavy atom. The smallest absolute Gasteiger partial charge is 0.315 e. The summed E-state index contributed by atoms with van der Waals surface area (Å²) in [5.41, 5.74) is 1.25. The SMILES string of the molecule is COC(=O)CSc1ccc(CNC(C)C)cc1. The van der Waals surface area contributed by atoms with Gasteiger partial charge >= 0.3 is 5.97 Å². The Hall–Kier alpha value is -1.00. The third-order valence-corrected chi connectivity index (χ3v) is 3.21. The summed E-state index contributed by atoms with van der Waals surface area (Å²) >= 11 is 1.49. The number of carbonyl (C=O) groups is 1. The summed E-state index contributed by atoms with van der Waals surface area (Å²) in [6, 6.07) is 8.71. The Morgan fingerprint density at radius 2 is 2.00 bits per heavy atom. The second-order valence-corrected chi connectivity index (χ2v) is 5.09. The molecule has 0 amide bonds. The van der Waals surface area contributed by atoms with E-state index in [-0.39, 0.29) is 5.97 Å².